The molecule has 1 saturated heterocycles. The first-order valence-electron chi connectivity index (χ1n) is 37.5. The van der Waals surface area contributed by atoms with Crippen molar-refractivity contribution in [2.75, 3.05) is 71.1 Å². The van der Waals surface area contributed by atoms with Crippen molar-refractivity contribution in [3.05, 3.63) is 71.8 Å². The smallest absolute Gasteiger partial charge is 0.326 e. The van der Waals surface area contributed by atoms with Gasteiger partial charge in [-0.25, -0.2) is 4.79 Å². The molecule has 3 unspecified atom stereocenters. The Morgan fingerprint density at radius 1 is 0.521 bits per heavy atom. The van der Waals surface area contributed by atoms with Crippen LogP contribution in [-0.2, 0) is 94.3 Å². The summed E-state index contributed by atoms with van der Waals surface area (Å²) < 4.78 is 4.89. The molecule has 2 aromatic carbocycles. The van der Waals surface area contributed by atoms with E-state index in [1.807, 2.05) is 0 Å². The molecular formula is C71H112N24O20S2. The molecule has 1 aliphatic rings. The fourth-order valence-corrected chi connectivity index (χ4v) is 13.3. The average molecular weight is 1690 g/mol. The normalized spacial score (nSPS) is 21.2. The molecule has 1 aliphatic heterocycles. The molecule has 0 aromatic heterocycles. The molecule has 46 heteroatoms. The highest BCUT2D eigenvalue weighted by atomic mass is 33.1. The van der Waals surface area contributed by atoms with Crippen LogP contribution in [0, 0.1) is 28.1 Å². The molecule has 0 spiro atoms. The van der Waals surface area contributed by atoms with Crippen LogP contribution in [0.1, 0.15) is 96.6 Å². The highest BCUT2D eigenvalue weighted by Gasteiger charge is 2.39. The van der Waals surface area contributed by atoms with Gasteiger partial charge in [0.25, 0.3) is 0 Å². The van der Waals surface area contributed by atoms with Gasteiger partial charge in [-0.2, -0.15) is 0 Å². The highest BCUT2D eigenvalue weighted by molar-refractivity contribution is 8.76. The van der Waals surface area contributed by atoms with Crippen LogP contribution in [-0.4, -0.2) is 271 Å². The predicted molar refractivity (Wildman–Crippen MR) is 428 cm³/mol. The van der Waals surface area contributed by atoms with Crippen LogP contribution in [0.5, 0.6) is 0 Å². The zero-order valence-electron chi connectivity index (χ0n) is 65.6. The third-order valence-corrected chi connectivity index (χ3v) is 20.4. The number of carbonyl (C=O) groups excluding carboxylic acids is 15. The molecule has 14 atom stereocenters. The van der Waals surface area contributed by atoms with Crippen LogP contribution in [0.15, 0.2) is 60.7 Å². The van der Waals surface area contributed by atoms with Gasteiger partial charge in [0.1, 0.15) is 72.5 Å². The van der Waals surface area contributed by atoms with Gasteiger partial charge in [-0.05, 0) is 61.5 Å². The topological polar surface area (TPSA) is 723 Å². The Morgan fingerprint density at radius 3 is 1.51 bits per heavy atom. The van der Waals surface area contributed by atoms with E-state index in [1.165, 1.54) is 6.92 Å². The number of ether oxygens (including phenoxy) is 1. The molecule has 0 bridgehead atoms. The predicted octanol–water partition coefficient (Wildman–Crippen LogP) is -8.61. The molecular weight excluding hydrogens is 1570 g/mol. The molecule has 0 aliphatic carbocycles. The molecule has 0 radical (unpaired) electrons. The summed E-state index contributed by atoms with van der Waals surface area (Å²) in [4.78, 5) is 225. The Balaban J connectivity index is 2.37. The molecule has 1 fully saturated rings. The lowest BCUT2D eigenvalue weighted by Gasteiger charge is -2.30. The van der Waals surface area contributed by atoms with Crippen molar-refractivity contribution < 1.29 is 96.8 Å². The molecule has 1 heterocycles. The number of carbonyl (C=O) groups is 16. The van der Waals surface area contributed by atoms with Gasteiger partial charge < -0.3 is 133 Å². The third-order valence-electron chi connectivity index (χ3n) is 18.0. The SMILES string of the molecule is CC[C@H](C)C1NC(=O)[C@H](CCCNC(=N)N)NC(=O)CNC(=O)CNC(=O)[C@H](Cc2ccccc2)NC(=O)CNC(=O)[C@@H](NC(=O)[C@H](CO)NC(=O)[C@@H](N)CO)CSSCC(C(=O)N[C@@H](Cc2ccccc2)C(=O)N[C@@H](CCCNC(=N)N)C(=O)O)NC(=O)[C@H]([C@@H](C)CC)NC(=O)C(CCCNC(=N)N)NC(=O)[C@H](CC(=O)OC)NC1=O. The van der Waals surface area contributed by atoms with E-state index in [4.69, 9.17) is 43.9 Å². The number of aliphatic hydroxyl groups is 2. The molecule has 648 valence electrons. The maximum Gasteiger partial charge on any atom is 0.326 e. The van der Waals surface area contributed by atoms with Gasteiger partial charge in [-0.3, -0.25) is 88.1 Å². The summed E-state index contributed by atoms with van der Waals surface area (Å²) in [5.41, 5.74) is 23.0. The highest BCUT2D eigenvalue weighted by Crippen LogP contribution is 2.24. The van der Waals surface area contributed by atoms with Gasteiger partial charge in [0.2, 0.25) is 82.7 Å². The van der Waals surface area contributed by atoms with E-state index in [9.17, 15) is 82.4 Å². The van der Waals surface area contributed by atoms with E-state index in [2.05, 4.69) is 90.4 Å². The van der Waals surface area contributed by atoms with Crippen molar-refractivity contribution in [1.82, 2.24) is 90.4 Å². The number of nitrogens with two attached hydrogens (primary N) is 4. The summed E-state index contributed by atoms with van der Waals surface area (Å²) >= 11 is 0. The molecule has 3 rings (SSSR count). The number of methoxy groups -OCH3 is 1. The largest absolute Gasteiger partial charge is 0.480 e. The number of carboxylic acids is 1. The van der Waals surface area contributed by atoms with Crippen LogP contribution in [0.3, 0.4) is 0 Å². The van der Waals surface area contributed by atoms with Crippen molar-refractivity contribution in [3.8, 4) is 0 Å². The van der Waals surface area contributed by atoms with E-state index in [-0.39, 0.29) is 83.8 Å². The van der Waals surface area contributed by atoms with E-state index in [0.29, 0.717) is 11.1 Å². The lowest BCUT2D eigenvalue weighted by atomic mass is 9.96. The summed E-state index contributed by atoms with van der Waals surface area (Å²) in [6.45, 7) is 1.82. The maximum atomic E-state index is 15.2. The second-order valence-corrected chi connectivity index (χ2v) is 29.7. The number of hydrogen-bond acceptors (Lipinski definition) is 25. The van der Waals surface area contributed by atoms with E-state index in [0.717, 1.165) is 28.7 Å². The van der Waals surface area contributed by atoms with Gasteiger partial charge in [-0.15, -0.1) is 0 Å². The average Bonchev–Trinajstić information content (AvgIpc) is 0.847. The van der Waals surface area contributed by atoms with Crippen molar-refractivity contribution >= 4 is 134 Å². The van der Waals surface area contributed by atoms with Crippen LogP contribution >= 0.6 is 21.6 Å². The number of esters is 1. The zero-order valence-corrected chi connectivity index (χ0v) is 67.2. The molecule has 14 amide bonds. The number of aliphatic carboxylic acids is 1. The molecule has 44 nitrogen and oxygen atoms in total. The summed E-state index contributed by atoms with van der Waals surface area (Å²) in [5.74, 6) is -21.4. The summed E-state index contributed by atoms with van der Waals surface area (Å²) in [7, 11) is 2.47. The maximum absolute atomic E-state index is 15.2. The quantitative estimate of drug-likeness (QED) is 0.0104. The number of guanidine groups is 3. The van der Waals surface area contributed by atoms with E-state index in [1.54, 1.807) is 81.4 Å². The number of hydrogen-bond donors (Lipinski definition) is 27. The van der Waals surface area contributed by atoms with Crippen LogP contribution in [0.25, 0.3) is 0 Å². The monoisotopic (exact) mass is 1680 g/mol. The molecule has 2 aromatic rings. The number of carboxylic acid groups (broad SMARTS) is 1. The molecule has 0 saturated carbocycles. The first-order chi connectivity index (χ1) is 55.5. The van der Waals surface area contributed by atoms with Gasteiger partial charge in [-0.1, -0.05) is 123 Å². The summed E-state index contributed by atoms with van der Waals surface area (Å²) in [6, 6.07) is -3.65. The lowest BCUT2D eigenvalue weighted by Crippen LogP contribution is -2.62. The minimum absolute atomic E-state index is 0.00565. The van der Waals surface area contributed by atoms with Crippen LogP contribution in [0.2, 0.25) is 0 Å². The lowest BCUT2D eigenvalue weighted by molar-refractivity contribution is -0.144. The zero-order chi connectivity index (χ0) is 87.3. The van der Waals surface area contributed by atoms with E-state index >= 15 is 9.59 Å². The minimum Gasteiger partial charge on any atom is -0.480 e. The number of amides is 14. The van der Waals surface area contributed by atoms with Crippen molar-refractivity contribution in [1.29, 1.82) is 16.2 Å². The van der Waals surface area contributed by atoms with E-state index < -0.39 is 248 Å². The fraction of sp³-hybridized carbons (Fsp3) is 0.563. The summed E-state index contributed by atoms with van der Waals surface area (Å²) in [6.07, 6.45) is -1.70. The Kier molecular flexibility index (Phi) is 45.5. The van der Waals surface area contributed by atoms with Gasteiger partial charge in [0, 0.05) is 44.0 Å². The van der Waals surface area contributed by atoms with Gasteiger partial charge in [0.05, 0.1) is 46.4 Å². The van der Waals surface area contributed by atoms with Crippen molar-refractivity contribution in [2.24, 2.45) is 34.8 Å². The van der Waals surface area contributed by atoms with Crippen LogP contribution < -0.4 is 113 Å². The fourth-order valence-electron chi connectivity index (χ4n) is 11.0. The van der Waals surface area contributed by atoms with Crippen molar-refractivity contribution in [2.45, 2.75) is 171 Å². The van der Waals surface area contributed by atoms with Crippen LogP contribution in [0.4, 0.5) is 0 Å². The Hall–Kier alpha value is -11.6. The number of benzene rings is 2. The standard InChI is InChI=1S/C71H112N24O20S2/c1-6-37(3)55-66(111)90-47(29-54(101)115-5)63(108)87-43(22-15-25-80-70(75)76)61(106)95-56(38(4)7-2)67(112)93-50(65(110)89-46(28-40-19-12-9-13-20-40)62(107)88-44(68(113)114)23-16-26-81-71(77)78)36-117-116-35-49(92-64(109)48(34-97)91-57(102)41(72)33-96)59(104)84-32-53(100)86-45(27-39-17-10-8-11-18-39)58(103)83-30-51(98)82-31-52(99)85-42(60(105)94-55)21-14-24-79-69(73)74/h8-13,17-20,37-38,41-50,55-56,96-97H,6-7,14-16,21-36,72H2,1-5H3,(H,82,98)(H,83,103)(H,84,104)(H,85,99)(H,86,100)(H,87,108)(H,88,107)(H,89,110)(H,90,111)(H,91,102)(H,92,109)(H,93,112)(H,94,105)(H,95,106)(H,113,114)(H4,73,74,79)(H4,75,76,80)(H4,77,78,81)/t37-,38-,41-,42-,43?,44-,45-,46-,47-,48-,49-,50?,55?,56-/m0/s1. The van der Waals surface area contributed by atoms with Gasteiger partial charge >= 0.3 is 11.9 Å². The van der Waals surface area contributed by atoms with Gasteiger partial charge in [0.15, 0.2) is 17.9 Å². The second kappa shape index (κ2) is 53.5. The molecule has 31 N–H and O–H groups in total. The summed E-state index contributed by atoms with van der Waals surface area (Å²) in [5, 5.41) is 95.0. The Labute approximate surface area is 683 Å². The number of nitrogens with one attached hydrogen (secondary N) is 20. The minimum atomic E-state index is -1.90. The number of rotatable bonds is 33. The molecule has 117 heavy (non-hydrogen) atoms. The van der Waals surface area contributed by atoms with Crippen molar-refractivity contribution in [3.63, 3.8) is 0 Å². The third kappa shape index (κ3) is 38.1. The first kappa shape index (κ1) is 99.5. The Bertz CT molecular complexity index is 3730. The Morgan fingerprint density at radius 2 is 0.991 bits per heavy atom. The first-order valence-corrected chi connectivity index (χ1v) is 40.0. The number of aliphatic hydroxyl groups excluding tert-OH is 2. The second-order valence-electron chi connectivity index (χ2n) is 27.1.